The van der Waals surface area contributed by atoms with Crippen LogP contribution in [-0.2, 0) is 17.5 Å². The Kier molecular flexibility index (Phi) is 6.70. The molecule has 1 N–H and O–H groups in total. The molecule has 0 unspecified atom stereocenters. The van der Waals surface area contributed by atoms with Crippen molar-refractivity contribution < 1.29 is 18.0 Å². The molecule has 178 valence electrons. The number of aromatic nitrogens is 4. The molecule has 0 aliphatic rings. The third-order valence-corrected chi connectivity index (χ3v) is 6.35. The van der Waals surface area contributed by atoms with E-state index in [2.05, 4.69) is 15.4 Å². The molecule has 0 spiro atoms. The first-order chi connectivity index (χ1) is 16.2. The molecule has 2 aromatic carbocycles. The predicted octanol–water partition coefficient (Wildman–Crippen LogP) is 6.00. The molecule has 0 aliphatic heterocycles. The van der Waals surface area contributed by atoms with Gasteiger partial charge in [-0.3, -0.25) is 4.79 Å². The molecular formula is C24H24F3N5OS. The first kappa shape index (κ1) is 23.9. The highest BCUT2D eigenvalue weighted by Crippen LogP contribution is 2.33. The SMILES string of the molecule is CCCn1c(SCC(=O)Nc2c(C)nn(-c3ccccc3)c2C)nc2ccc(C(F)(F)F)cc21. The molecule has 6 nitrogen and oxygen atoms in total. The van der Waals surface area contributed by atoms with Crippen LogP contribution in [0.4, 0.5) is 18.9 Å². The molecule has 10 heteroatoms. The van der Waals surface area contributed by atoms with Gasteiger partial charge in [0, 0.05) is 6.54 Å². The van der Waals surface area contributed by atoms with E-state index in [-0.39, 0.29) is 11.7 Å². The Hall–Kier alpha value is -3.27. The van der Waals surface area contributed by atoms with E-state index >= 15 is 0 Å². The average molecular weight is 488 g/mol. The quantitative estimate of drug-likeness (QED) is 0.325. The Balaban J connectivity index is 1.53. The molecule has 0 radical (unpaired) electrons. The molecule has 4 aromatic rings. The number of para-hydroxylation sites is 1. The largest absolute Gasteiger partial charge is 0.416 e. The molecular weight excluding hydrogens is 463 g/mol. The van der Waals surface area contributed by atoms with Gasteiger partial charge in [-0.05, 0) is 50.6 Å². The summed E-state index contributed by atoms with van der Waals surface area (Å²) in [5.41, 5.74) is 3.21. The van der Waals surface area contributed by atoms with Crippen LogP contribution in [-0.4, -0.2) is 31.0 Å². The standard InChI is InChI=1S/C24H24F3N5OS/c1-4-12-31-20-13-17(24(25,26)27)10-11-19(20)28-23(31)34-14-21(33)29-22-15(2)30-32(16(22)3)18-8-6-5-7-9-18/h5-11,13H,4,12,14H2,1-3H3,(H,29,33). The van der Waals surface area contributed by atoms with Crippen molar-refractivity contribution in [2.75, 3.05) is 11.1 Å². The number of nitrogens with zero attached hydrogens (tertiary/aromatic N) is 4. The lowest BCUT2D eigenvalue weighted by Gasteiger charge is -2.10. The maximum atomic E-state index is 13.2. The van der Waals surface area contributed by atoms with Crippen molar-refractivity contribution in [3.05, 3.63) is 65.5 Å². The van der Waals surface area contributed by atoms with Crippen LogP contribution < -0.4 is 5.32 Å². The Morgan fingerprint density at radius 3 is 2.53 bits per heavy atom. The summed E-state index contributed by atoms with van der Waals surface area (Å²) < 4.78 is 43.1. The second-order valence-corrected chi connectivity index (χ2v) is 8.82. The summed E-state index contributed by atoms with van der Waals surface area (Å²) in [5, 5.41) is 7.97. The molecule has 0 bridgehead atoms. The minimum Gasteiger partial charge on any atom is -0.322 e. The van der Waals surface area contributed by atoms with Crippen LogP contribution in [0.25, 0.3) is 16.7 Å². The summed E-state index contributed by atoms with van der Waals surface area (Å²) in [5.74, 6) is -0.177. The van der Waals surface area contributed by atoms with E-state index in [9.17, 15) is 18.0 Å². The van der Waals surface area contributed by atoms with Crippen molar-refractivity contribution in [1.82, 2.24) is 19.3 Å². The summed E-state index contributed by atoms with van der Waals surface area (Å²) in [6.45, 7) is 6.16. The van der Waals surface area contributed by atoms with E-state index in [4.69, 9.17) is 0 Å². The maximum Gasteiger partial charge on any atom is 0.416 e. The second-order valence-electron chi connectivity index (χ2n) is 7.88. The van der Waals surface area contributed by atoms with E-state index in [1.807, 2.05) is 51.1 Å². The van der Waals surface area contributed by atoms with E-state index < -0.39 is 11.7 Å². The summed E-state index contributed by atoms with van der Waals surface area (Å²) in [7, 11) is 0. The number of rotatable bonds is 7. The zero-order valence-electron chi connectivity index (χ0n) is 19.0. The van der Waals surface area contributed by atoms with E-state index in [0.717, 1.165) is 29.9 Å². The Morgan fingerprint density at radius 1 is 1.12 bits per heavy atom. The van der Waals surface area contributed by atoms with Crippen molar-refractivity contribution in [3.63, 3.8) is 0 Å². The third-order valence-electron chi connectivity index (χ3n) is 5.38. The van der Waals surface area contributed by atoms with Gasteiger partial charge in [-0.2, -0.15) is 18.3 Å². The van der Waals surface area contributed by atoms with Gasteiger partial charge in [0.2, 0.25) is 5.91 Å². The summed E-state index contributed by atoms with van der Waals surface area (Å²) >= 11 is 1.20. The van der Waals surface area contributed by atoms with Crippen molar-refractivity contribution in [3.8, 4) is 5.69 Å². The number of benzene rings is 2. The number of aryl methyl sites for hydroxylation is 2. The lowest BCUT2D eigenvalue weighted by molar-refractivity contribution is -0.137. The molecule has 0 fully saturated rings. The van der Waals surface area contributed by atoms with Crippen LogP contribution in [0.2, 0.25) is 0 Å². The Morgan fingerprint density at radius 2 is 1.85 bits per heavy atom. The number of hydrogen-bond donors (Lipinski definition) is 1. The molecule has 1 amide bonds. The molecule has 0 atom stereocenters. The van der Waals surface area contributed by atoms with Gasteiger partial charge in [0.05, 0.1) is 45.1 Å². The van der Waals surface area contributed by atoms with Gasteiger partial charge in [0.15, 0.2) is 5.16 Å². The van der Waals surface area contributed by atoms with E-state index in [0.29, 0.717) is 34.1 Å². The van der Waals surface area contributed by atoms with Crippen LogP contribution in [0, 0.1) is 13.8 Å². The highest BCUT2D eigenvalue weighted by molar-refractivity contribution is 7.99. The molecule has 0 saturated heterocycles. The van der Waals surface area contributed by atoms with Gasteiger partial charge in [-0.1, -0.05) is 36.9 Å². The van der Waals surface area contributed by atoms with Crippen LogP contribution in [0.1, 0.15) is 30.3 Å². The summed E-state index contributed by atoms with van der Waals surface area (Å²) in [4.78, 5) is 17.2. The predicted molar refractivity (Wildman–Crippen MR) is 127 cm³/mol. The van der Waals surface area contributed by atoms with Crippen molar-refractivity contribution >= 4 is 34.4 Å². The number of carbonyl (C=O) groups is 1. The van der Waals surface area contributed by atoms with Gasteiger partial charge < -0.3 is 9.88 Å². The van der Waals surface area contributed by atoms with E-state index in [1.54, 1.807) is 9.25 Å². The zero-order chi connectivity index (χ0) is 24.5. The highest BCUT2D eigenvalue weighted by Gasteiger charge is 2.31. The number of fused-ring (bicyclic) bond motifs is 1. The monoisotopic (exact) mass is 487 g/mol. The molecule has 2 aromatic heterocycles. The third kappa shape index (κ3) is 4.82. The van der Waals surface area contributed by atoms with Crippen LogP contribution in [0.5, 0.6) is 0 Å². The molecule has 2 heterocycles. The molecule has 4 rings (SSSR count). The number of carbonyl (C=O) groups excluding carboxylic acids is 1. The topological polar surface area (TPSA) is 64.7 Å². The van der Waals surface area contributed by atoms with Crippen molar-refractivity contribution in [2.45, 2.75) is 45.1 Å². The van der Waals surface area contributed by atoms with Crippen LogP contribution in [0.3, 0.4) is 0 Å². The number of hydrogen-bond acceptors (Lipinski definition) is 4. The number of thioether (sulfide) groups is 1. The molecule has 0 saturated carbocycles. The van der Waals surface area contributed by atoms with E-state index in [1.165, 1.54) is 17.8 Å². The maximum absolute atomic E-state index is 13.2. The first-order valence-electron chi connectivity index (χ1n) is 10.8. The number of imidazole rings is 1. The normalized spacial score (nSPS) is 11.8. The molecule has 34 heavy (non-hydrogen) atoms. The Labute approximate surface area is 199 Å². The first-order valence-corrected chi connectivity index (χ1v) is 11.8. The van der Waals surface area contributed by atoms with Gasteiger partial charge in [0.25, 0.3) is 0 Å². The average Bonchev–Trinajstić information content (AvgIpc) is 3.29. The zero-order valence-corrected chi connectivity index (χ0v) is 19.8. The highest BCUT2D eigenvalue weighted by atomic mass is 32.2. The van der Waals surface area contributed by atoms with Crippen molar-refractivity contribution in [1.29, 1.82) is 0 Å². The fourth-order valence-electron chi connectivity index (χ4n) is 3.78. The minimum absolute atomic E-state index is 0.0640. The number of alkyl halides is 3. The van der Waals surface area contributed by atoms with Crippen molar-refractivity contribution in [2.24, 2.45) is 0 Å². The number of halogens is 3. The minimum atomic E-state index is -4.43. The second kappa shape index (κ2) is 9.54. The summed E-state index contributed by atoms with van der Waals surface area (Å²) in [6.07, 6.45) is -3.71. The van der Waals surface area contributed by atoms with Crippen LogP contribution >= 0.6 is 11.8 Å². The fraction of sp³-hybridized carbons (Fsp3) is 0.292. The molecule has 0 aliphatic carbocycles. The van der Waals surface area contributed by atoms with Gasteiger partial charge >= 0.3 is 6.18 Å². The van der Waals surface area contributed by atoms with Gasteiger partial charge in [0.1, 0.15) is 0 Å². The summed E-state index contributed by atoms with van der Waals surface area (Å²) in [6, 6.07) is 13.1. The van der Waals surface area contributed by atoms with Gasteiger partial charge in [-0.25, -0.2) is 9.67 Å². The lowest BCUT2D eigenvalue weighted by atomic mass is 10.2. The van der Waals surface area contributed by atoms with Gasteiger partial charge in [-0.15, -0.1) is 0 Å². The smallest absolute Gasteiger partial charge is 0.322 e. The van der Waals surface area contributed by atoms with Crippen LogP contribution in [0.15, 0.2) is 53.7 Å². The Bertz CT molecular complexity index is 1330. The number of amides is 1. The lowest BCUT2D eigenvalue weighted by Crippen LogP contribution is -2.16. The number of anilines is 1. The number of nitrogens with one attached hydrogen (secondary N) is 1. The fourth-order valence-corrected chi connectivity index (χ4v) is 4.62.